The number of nitrogens with one attached hydrogen (secondary N) is 1. The molecule has 0 radical (unpaired) electrons. The van der Waals surface area contributed by atoms with Crippen LogP contribution in [0.4, 0.5) is 4.79 Å². The van der Waals surface area contributed by atoms with E-state index >= 15 is 0 Å². The minimum absolute atomic E-state index is 0.327. The molecule has 0 aromatic carbocycles. The lowest BCUT2D eigenvalue weighted by molar-refractivity contribution is -0.140. The second-order valence-corrected chi connectivity index (χ2v) is 2.94. The van der Waals surface area contributed by atoms with Crippen LogP contribution in [0.2, 0.25) is 0 Å². The Bertz CT molecular complexity index is 325. The fraction of sp³-hybridized carbons (Fsp3) is 0.500. The number of ether oxygens (including phenoxy) is 1. The molecule has 0 aromatic rings. The lowest BCUT2D eigenvalue weighted by Crippen LogP contribution is -2.41. The van der Waals surface area contributed by atoms with Crippen LogP contribution in [0.5, 0.6) is 0 Å². The molecule has 0 saturated heterocycles. The number of carbonyl (C=O) groups excluding carboxylic acids is 1. The van der Waals surface area contributed by atoms with E-state index in [-0.39, 0.29) is 6.42 Å². The summed E-state index contributed by atoms with van der Waals surface area (Å²) in [4.78, 5) is 41.8. The molecule has 17 heavy (non-hydrogen) atoms. The maximum absolute atomic E-state index is 10.9. The summed E-state index contributed by atoms with van der Waals surface area (Å²) >= 11 is 0. The van der Waals surface area contributed by atoms with Gasteiger partial charge in [-0.1, -0.05) is 0 Å². The Morgan fingerprint density at radius 1 is 1.06 bits per heavy atom. The molecule has 9 heteroatoms. The van der Waals surface area contributed by atoms with Gasteiger partial charge in [0.2, 0.25) is 0 Å². The topological polar surface area (TPSA) is 150 Å². The summed E-state index contributed by atoms with van der Waals surface area (Å²) in [5, 5.41) is 27.0. The number of carbonyl (C=O) groups is 4. The summed E-state index contributed by atoms with van der Waals surface area (Å²) < 4.78 is 4.13. The van der Waals surface area contributed by atoms with Crippen molar-refractivity contribution in [1.29, 1.82) is 0 Å². The van der Waals surface area contributed by atoms with Gasteiger partial charge in [-0.05, 0) is 6.42 Å². The summed E-state index contributed by atoms with van der Waals surface area (Å²) in [7, 11) is 0. The van der Waals surface area contributed by atoms with Crippen molar-refractivity contribution in [3.05, 3.63) is 0 Å². The molecule has 1 amide bonds. The van der Waals surface area contributed by atoms with E-state index in [1.165, 1.54) is 0 Å². The number of amides is 1. The van der Waals surface area contributed by atoms with Crippen molar-refractivity contribution in [3.8, 4) is 0 Å². The molecule has 0 rings (SSSR count). The van der Waals surface area contributed by atoms with Crippen LogP contribution in [0.1, 0.15) is 12.8 Å². The number of rotatable bonds is 7. The van der Waals surface area contributed by atoms with Crippen molar-refractivity contribution < 1.29 is 39.2 Å². The van der Waals surface area contributed by atoms with E-state index < -0.39 is 43.1 Å². The molecule has 0 spiro atoms. The minimum Gasteiger partial charge on any atom is -0.481 e. The summed E-state index contributed by atoms with van der Waals surface area (Å²) in [6.07, 6.45) is -2.01. The van der Waals surface area contributed by atoms with Gasteiger partial charge in [-0.3, -0.25) is 4.79 Å². The molecular weight excluding hydrogens is 238 g/mol. The standard InChI is InChI=1S/C8H11NO8/c10-5(11)2-1-4(7(14)15)9-8(16)17-3-6(12)13/h4H,1-3H2,(H,9,16)(H,10,11)(H,12,13)(H,14,15). The number of alkyl carbamates (subject to hydrolysis) is 1. The monoisotopic (exact) mass is 249 g/mol. The quantitative estimate of drug-likeness (QED) is 0.454. The van der Waals surface area contributed by atoms with E-state index in [2.05, 4.69) is 4.74 Å². The van der Waals surface area contributed by atoms with Gasteiger partial charge in [-0.15, -0.1) is 0 Å². The first kappa shape index (κ1) is 14.7. The average Bonchev–Trinajstić information content (AvgIpc) is 2.20. The molecular formula is C8H11NO8. The fourth-order valence-electron chi connectivity index (χ4n) is 0.836. The Balaban J connectivity index is 4.15. The van der Waals surface area contributed by atoms with Crippen LogP contribution in [-0.2, 0) is 19.1 Å². The van der Waals surface area contributed by atoms with Gasteiger partial charge in [-0.2, -0.15) is 0 Å². The van der Waals surface area contributed by atoms with E-state index in [0.717, 1.165) is 0 Å². The van der Waals surface area contributed by atoms with Gasteiger partial charge < -0.3 is 25.4 Å². The predicted molar refractivity (Wildman–Crippen MR) is 50.4 cm³/mol. The SMILES string of the molecule is O=C(O)CCC(NC(=O)OCC(=O)O)C(=O)O. The summed E-state index contributed by atoms with van der Waals surface area (Å²) in [5.74, 6) is -4.03. The highest BCUT2D eigenvalue weighted by Crippen LogP contribution is 1.98. The highest BCUT2D eigenvalue weighted by Gasteiger charge is 2.21. The van der Waals surface area contributed by atoms with Crippen LogP contribution in [0, 0.1) is 0 Å². The maximum atomic E-state index is 10.9. The van der Waals surface area contributed by atoms with Crippen LogP contribution in [-0.4, -0.2) is 52.0 Å². The third kappa shape index (κ3) is 7.59. The van der Waals surface area contributed by atoms with Crippen LogP contribution in [0.25, 0.3) is 0 Å². The van der Waals surface area contributed by atoms with E-state index in [1.807, 2.05) is 5.32 Å². The molecule has 1 unspecified atom stereocenters. The Kier molecular flexibility index (Phi) is 6.08. The zero-order chi connectivity index (χ0) is 13.4. The Hall–Kier alpha value is -2.32. The largest absolute Gasteiger partial charge is 0.481 e. The molecule has 9 nitrogen and oxygen atoms in total. The molecule has 0 aliphatic rings. The smallest absolute Gasteiger partial charge is 0.408 e. The first-order chi connectivity index (χ1) is 7.82. The van der Waals surface area contributed by atoms with Crippen molar-refractivity contribution in [3.63, 3.8) is 0 Å². The second-order valence-electron chi connectivity index (χ2n) is 2.94. The summed E-state index contributed by atoms with van der Waals surface area (Å²) in [6.45, 7) is -0.906. The normalized spacial score (nSPS) is 11.3. The molecule has 0 saturated carbocycles. The molecule has 0 aliphatic heterocycles. The van der Waals surface area contributed by atoms with Gasteiger partial charge in [0.05, 0.1) is 0 Å². The Morgan fingerprint density at radius 2 is 1.65 bits per heavy atom. The van der Waals surface area contributed by atoms with Crippen LogP contribution in [0.3, 0.4) is 0 Å². The van der Waals surface area contributed by atoms with Crippen molar-refractivity contribution in [2.75, 3.05) is 6.61 Å². The molecule has 0 bridgehead atoms. The molecule has 1 atom stereocenters. The maximum Gasteiger partial charge on any atom is 0.408 e. The van der Waals surface area contributed by atoms with Crippen molar-refractivity contribution >= 4 is 24.0 Å². The zero-order valence-electron chi connectivity index (χ0n) is 8.58. The van der Waals surface area contributed by atoms with E-state index in [4.69, 9.17) is 15.3 Å². The Labute approximate surface area is 95.0 Å². The predicted octanol–water partition coefficient (Wildman–Crippen LogP) is -0.885. The van der Waals surface area contributed by atoms with Gasteiger partial charge in [0.25, 0.3) is 0 Å². The lowest BCUT2D eigenvalue weighted by atomic mass is 10.1. The average molecular weight is 249 g/mol. The minimum atomic E-state index is -1.44. The molecule has 96 valence electrons. The molecule has 0 heterocycles. The van der Waals surface area contributed by atoms with Gasteiger partial charge in [0.15, 0.2) is 6.61 Å². The highest BCUT2D eigenvalue weighted by atomic mass is 16.6. The summed E-state index contributed by atoms with van der Waals surface area (Å²) in [5.41, 5.74) is 0. The van der Waals surface area contributed by atoms with Crippen LogP contribution in [0.15, 0.2) is 0 Å². The van der Waals surface area contributed by atoms with E-state index in [1.54, 1.807) is 0 Å². The van der Waals surface area contributed by atoms with E-state index in [0.29, 0.717) is 0 Å². The van der Waals surface area contributed by atoms with Gasteiger partial charge >= 0.3 is 24.0 Å². The number of carboxylic acid groups (broad SMARTS) is 3. The third-order valence-electron chi connectivity index (χ3n) is 1.56. The molecule has 0 aromatic heterocycles. The zero-order valence-corrected chi connectivity index (χ0v) is 8.58. The van der Waals surface area contributed by atoms with Crippen molar-refractivity contribution in [2.45, 2.75) is 18.9 Å². The van der Waals surface area contributed by atoms with Crippen LogP contribution >= 0.6 is 0 Å². The number of carboxylic acids is 3. The van der Waals surface area contributed by atoms with Crippen molar-refractivity contribution in [2.24, 2.45) is 0 Å². The van der Waals surface area contributed by atoms with Crippen LogP contribution < -0.4 is 5.32 Å². The summed E-state index contributed by atoms with van der Waals surface area (Å²) in [6, 6.07) is -1.44. The second kappa shape index (κ2) is 7.04. The molecule has 4 N–H and O–H groups in total. The van der Waals surface area contributed by atoms with Crippen molar-refractivity contribution in [1.82, 2.24) is 5.32 Å². The molecule has 0 fully saturated rings. The number of aliphatic carboxylic acids is 3. The lowest BCUT2D eigenvalue weighted by Gasteiger charge is -2.12. The third-order valence-corrected chi connectivity index (χ3v) is 1.56. The van der Waals surface area contributed by atoms with Gasteiger partial charge in [-0.25, -0.2) is 14.4 Å². The highest BCUT2D eigenvalue weighted by molar-refractivity contribution is 5.81. The first-order valence-corrected chi connectivity index (χ1v) is 4.42. The fourth-order valence-corrected chi connectivity index (χ4v) is 0.836. The molecule has 0 aliphatic carbocycles. The number of hydrogen-bond donors (Lipinski definition) is 4. The number of hydrogen-bond acceptors (Lipinski definition) is 5. The Morgan fingerprint density at radius 3 is 2.06 bits per heavy atom. The van der Waals surface area contributed by atoms with Gasteiger partial charge in [0.1, 0.15) is 6.04 Å². The van der Waals surface area contributed by atoms with Gasteiger partial charge in [0, 0.05) is 6.42 Å². The van der Waals surface area contributed by atoms with E-state index in [9.17, 15) is 19.2 Å². The first-order valence-electron chi connectivity index (χ1n) is 4.42.